The first kappa shape index (κ1) is 13.0. The third-order valence-electron chi connectivity index (χ3n) is 2.77. The van der Waals surface area contributed by atoms with Gasteiger partial charge in [0, 0.05) is 32.7 Å². The minimum Gasteiger partial charge on any atom is -0.481 e. The van der Waals surface area contributed by atoms with Gasteiger partial charge in [0.2, 0.25) is 5.91 Å². The van der Waals surface area contributed by atoms with Crippen molar-refractivity contribution in [2.24, 2.45) is 5.92 Å². The highest BCUT2D eigenvalue weighted by Crippen LogP contribution is 2.17. The Morgan fingerprint density at radius 1 is 1.50 bits per heavy atom. The number of hydrogen-bond acceptors (Lipinski definition) is 3. The Balaban J connectivity index is 2.20. The van der Waals surface area contributed by atoms with Crippen LogP contribution in [0.5, 0.6) is 0 Å². The lowest BCUT2D eigenvalue weighted by Gasteiger charge is -2.15. The molecule has 5 heteroatoms. The van der Waals surface area contributed by atoms with Crippen molar-refractivity contribution in [2.45, 2.75) is 26.2 Å². The minimum atomic E-state index is -0.801. The van der Waals surface area contributed by atoms with Gasteiger partial charge in [-0.15, -0.1) is 0 Å². The summed E-state index contributed by atoms with van der Waals surface area (Å²) in [6.45, 7) is 4.12. The van der Waals surface area contributed by atoms with Gasteiger partial charge in [0.25, 0.3) is 0 Å². The third-order valence-corrected chi connectivity index (χ3v) is 2.77. The molecule has 0 aromatic carbocycles. The molecule has 5 nitrogen and oxygen atoms in total. The Hall–Kier alpha value is -1.10. The largest absolute Gasteiger partial charge is 0.481 e. The molecule has 0 aromatic rings. The van der Waals surface area contributed by atoms with E-state index >= 15 is 0 Å². The lowest BCUT2D eigenvalue weighted by molar-refractivity contribution is -0.141. The molecule has 0 spiro atoms. The van der Waals surface area contributed by atoms with Crippen LogP contribution in [0, 0.1) is 5.92 Å². The number of rotatable bonds is 6. The number of carbonyl (C=O) groups is 2. The highest BCUT2D eigenvalue weighted by molar-refractivity contribution is 5.78. The zero-order valence-corrected chi connectivity index (χ0v) is 9.65. The Labute approximate surface area is 95.4 Å². The first-order valence-electron chi connectivity index (χ1n) is 5.73. The van der Waals surface area contributed by atoms with Gasteiger partial charge in [0.05, 0.1) is 5.92 Å². The van der Waals surface area contributed by atoms with Gasteiger partial charge in [-0.2, -0.15) is 0 Å². The average molecular weight is 229 g/mol. The van der Waals surface area contributed by atoms with Gasteiger partial charge >= 0.3 is 5.97 Å². The summed E-state index contributed by atoms with van der Waals surface area (Å²) in [5, 5.41) is 8.80. The van der Waals surface area contributed by atoms with Crippen molar-refractivity contribution in [1.29, 1.82) is 0 Å². The predicted octanol–water partition coefficient (Wildman–Crippen LogP) is 0.736. The molecule has 1 aliphatic heterocycles. The summed E-state index contributed by atoms with van der Waals surface area (Å²) >= 11 is 0. The van der Waals surface area contributed by atoms with E-state index < -0.39 is 5.97 Å². The number of hydrogen-bond donors (Lipinski definition) is 1. The van der Waals surface area contributed by atoms with Crippen molar-refractivity contribution in [2.75, 3.05) is 26.3 Å². The number of carboxylic acid groups (broad SMARTS) is 1. The molecular weight excluding hydrogens is 210 g/mol. The number of carboxylic acids is 1. The van der Waals surface area contributed by atoms with Crippen molar-refractivity contribution in [1.82, 2.24) is 4.90 Å². The molecule has 1 fully saturated rings. The SMILES string of the molecule is CCOCCCC(=O)N1CCC(C(=O)O)C1. The first-order valence-corrected chi connectivity index (χ1v) is 5.73. The molecule has 16 heavy (non-hydrogen) atoms. The molecular formula is C11H19NO4. The van der Waals surface area contributed by atoms with E-state index in [-0.39, 0.29) is 11.8 Å². The van der Waals surface area contributed by atoms with Crippen LogP contribution in [0.15, 0.2) is 0 Å². The van der Waals surface area contributed by atoms with Gasteiger partial charge in [-0.3, -0.25) is 9.59 Å². The monoisotopic (exact) mass is 229 g/mol. The van der Waals surface area contributed by atoms with E-state index in [9.17, 15) is 9.59 Å². The fourth-order valence-electron chi connectivity index (χ4n) is 1.82. The molecule has 0 saturated carbocycles. The number of aliphatic carboxylic acids is 1. The van der Waals surface area contributed by atoms with E-state index in [1.165, 1.54) is 0 Å². The molecule has 1 aliphatic rings. The van der Waals surface area contributed by atoms with Crippen LogP contribution in [0.1, 0.15) is 26.2 Å². The molecule has 0 radical (unpaired) electrons. The summed E-state index contributed by atoms with van der Waals surface area (Å²) in [6, 6.07) is 0. The van der Waals surface area contributed by atoms with Gasteiger partial charge in [0.1, 0.15) is 0 Å². The van der Waals surface area contributed by atoms with Crippen LogP contribution < -0.4 is 0 Å². The summed E-state index contributed by atoms with van der Waals surface area (Å²) < 4.78 is 5.14. The van der Waals surface area contributed by atoms with Crippen LogP contribution >= 0.6 is 0 Å². The van der Waals surface area contributed by atoms with Gasteiger partial charge in [-0.05, 0) is 19.8 Å². The summed E-state index contributed by atoms with van der Waals surface area (Å²) in [5.41, 5.74) is 0. The summed E-state index contributed by atoms with van der Waals surface area (Å²) in [7, 11) is 0. The fourth-order valence-corrected chi connectivity index (χ4v) is 1.82. The predicted molar refractivity (Wildman–Crippen MR) is 58.0 cm³/mol. The zero-order chi connectivity index (χ0) is 12.0. The molecule has 92 valence electrons. The number of carbonyl (C=O) groups excluding carboxylic acids is 1. The van der Waals surface area contributed by atoms with E-state index in [4.69, 9.17) is 9.84 Å². The van der Waals surface area contributed by atoms with Gasteiger partial charge < -0.3 is 14.7 Å². The smallest absolute Gasteiger partial charge is 0.308 e. The van der Waals surface area contributed by atoms with Crippen molar-refractivity contribution in [3.8, 4) is 0 Å². The van der Waals surface area contributed by atoms with Crippen molar-refractivity contribution in [3.63, 3.8) is 0 Å². The maximum absolute atomic E-state index is 11.7. The lowest BCUT2D eigenvalue weighted by atomic mass is 10.1. The second kappa shape index (κ2) is 6.48. The molecule has 1 rings (SSSR count). The van der Waals surface area contributed by atoms with Crippen LogP contribution in [0.25, 0.3) is 0 Å². The number of likely N-dealkylation sites (tertiary alicyclic amines) is 1. The Morgan fingerprint density at radius 3 is 2.81 bits per heavy atom. The number of amides is 1. The molecule has 1 unspecified atom stereocenters. The van der Waals surface area contributed by atoms with Gasteiger partial charge in [0.15, 0.2) is 0 Å². The Morgan fingerprint density at radius 2 is 2.25 bits per heavy atom. The van der Waals surface area contributed by atoms with Gasteiger partial charge in [-0.25, -0.2) is 0 Å². The molecule has 0 aromatic heterocycles. The van der Waals surface area contributed by atoms with Crippen LogP contribution in [0.4, 0.5) is 0 Å². The minimum absolute atomic E-state index is 0.0449. The highest BCUT2D eigenvalue weighted by atomic mass is 16.5. The van der Waals surface area contributed by atoms with E-state index in [1.807, 2.05) is 6.92 Å². The lowest BCUT2D eigenvalue weighted by Crippen LogP contribution is -2.29. The van der Waals surface area contributed by atoms with Crippen LogP contribution in [0.3, 0.4) is 0 Å². The van der Waals surface area contributed by atoms with E-state index in [0.717, 1.165) is 0 Å². The second-order valence-corrected chi connectivity index (χ2v) is 3.96. The molecule has 0 bridgehead atoms. The molecule has 1 heterocycles. The van der Waals surface area contributed by atoms with E-state index in [0.29, 0.717) is 45.6 Å². The normalized spacial score (nSPS) is 20.1. The maximum atomic E-state index is 11.7. The van der Waals surface area contributed by atoms with Crippen LogP contribution in [-0.2, 0) is 14.3 Å². The molecule has 1 saturated heterocycles. The number of nitrogens with zero attached hydrogens (tertiary/aromatic N) is 1. The van der Waals surface area contributed by atoms with Crippen molar-refractivity contribution < 1.29 is 19.4 Å². The quantitative estimate of drug-likeness (QED) is 0.682. The molecule has 1 amide bonds. The van der Waals surface area contributed by atoms with E-state index in [1.54, 1.807) is 4.90 Å². The summed E-state index contributed by atoms with van der Waals surface area (Å²) in [5.74, 6) is -1.14. The summed E-state index contributed by atoms with van der Waals surface area (Å²) in [6.07, 6.45) is 1.74. The third kappa shape index (κ3) is 3.81. The molecule has 1 N–H and O–H groups in total. The standard InChI is InChI=1S/C11H19NO4/c1-2-16-7-3-4-10(13)12-6-5-9(8-12)11(14)15/h9H,2-8H2,1H3,(H,14,15). The van der Waals surface area contributed by atoms with Gasteiger partial charge in [-0.1, -0.05) is 0 Å². The van der Waals surface area contributed by atoms with Crippen molar-refractivity contribution in [3.05, 3.63) is 0 Å². The van der Waals surface area contributed by atoms with Crippen molar-refractivity contribution >= 4 is 11.9 Å². The summed E-state index contributed by atoms with van der Waals surface area (Å²) in [4.78, 5) is 24.0. The van der Waals surface area contributed by atoms with Crippen LogP contribution in [-0.4, -0.2) is 48.2 Å². The first-order chi connectivity index (χ1) is 7.65. The molecule has 0 aliphatic carbocycles. The number of ether oxygens (including phenoxy) is 1. The zero-order valence-electron chi connectivity index (χ0n) is 9.65. The van der Waals surface area contributed by atoms with E-state index in [2.05, 4.69) is 0 Å². The Kier molecular flexibility index (Phi) is 5.25. The molecule has 1 atom stereocenters. The fraction of sp³-hybridized carbons (Fsp3) is 0.818. The maximum Gasteiger partial charge on any atom is 0.308 e. The van der Waals surface area contributed by atoms with Crippen LogP contribution in [0.2, 0.25) is 0 Å². The highest BCUT2D eigenvalue weighted by Gasteiger charge is 2.30. The Bertz CT molecular complexity index is 254. The topological polar surface area (TPSA) is 66.8 Å². The second-order valence-electron chi connectivity index (χ2n) is 3.96. The average Bonchev–Trinajstić information content (AvgIpc) is 2.73.